The van der Waals surface area contributed by atoms with E-state index in [1.165, 1.54) is 11.1 Å². The Bertz CT molecular complexity index is 1310. The number of aromatic nitrogens is 3. The zero-order chi connectivity index (χ0) is 26.0. The number of carbonyl (C=O) groups is 1. The van der Waals surface area contributed by atoms with Gasteiger partial charge in [0.1, 0.15) is 5.82 Å². The smallest absolute Gasteiger partial charge is 0.220 e. The highest BCUT2D eigenvalue weighted by Gasteiger charge is 2.15. The van der Waals surface area contributed by atoms with Crippen LogP contribution in [0.3, 0.4) is 0 Å². The van der Waals surface area contributed by atoms with Crippen molar-refractivity contribution in [3.63, 3.8) is 0 Å². The standard InChI is InChI=1S/C29H30Cl2N4OS/c1-21-10-14-25(15-11-21)35-27(19-22-7-3-2-4-8-22)33-34-29(35)37-18-6-5-9-28(36)32-17-16-23-12-13-24(30)20-26(23)31/h2-4,7-8,10-15,20H,5-6,9,16-19H2,1H3,(H,32,36). The Morgan fingerprint density at radius 2 is 1.76 bits per heavy atom. The number of carbonyl (C=O) groups excluding carboxylic acids is 1. The second-order valence-electron chi connectivity index (χ2n) is 8.87. The maximum Gasteiger partial charge on any atom is 0.220 e. The third kappa shape index (κ3) is 8.09. The summed E-state index contributed by atoms with van der Waals surface area (Å²) in [4.78, 5) is 12.3. The second-order valence-corrected chi connectivity index (χ2v) is 10.8. The first-order chi connectivity index (χ1) is 18.0. The van der Waals surface area contributed by atoms with Crippen LogP contribution in [0.25, 0.3) is 5.69 Å². The average Bonchev–Trinajstić information content (AvgIpc) is 3.28. The first kappa shape index (κ1) is 27.2. The molecule has 0 saturated carbocycles. The van der Waals surface area contributed by atoms with Crippen LogP contribution < -0.4 is 5.32 Å². The summed E-state index contributed by atoms with van der Waals surface area (Å²) < 4.78 is 2.14. The van der Waals surface area contributed by atoms with Gasteiger partial charge in [-0.25, -0.2) is 0 Å². The molecule has 3 aromatic carbocycles. The number of nitrogens with one attached hydrogen (secondary N) is 1. The molecular weight excluding hydrogens is 523 g/mol. The van der Waals surface area contributed by atoms with Crippen molar-refractivity contribution >= 4 is 40.9 Å². The zero-order valence-corrected chi connectivity index (χ0v) is 23.1. The van der Waals surface area contributed by atoms with E-state index in [0.717, 1.165) is 40.8 Å². The molecule has 0 aliphatic rings. The van der Waals surface area contributed by atoms with Crippen molar-refractivity contribution < 1.29 is 4.79 Å². The molecule has 0 aliphatic carbocycles. The fourth-order valence-corrected chi connectivity index (χ4v) is 5.41. The van der Waals surface area contributed by atoms with E-state index < -0.39 is 0 Å². The monoisotopic (exact) mass is 552 g/mol. The first-order valence-electron chi connectivity index (χ1n) is 12.4. The molecular formula is C29H30Cl2N4OS. The lowest BCUT2D eigenvalue weighted by molar-refractivity contribution is -0.121. The van der Waals surface area contributed by atoms with Gasteiger partial charge >= 0.3 is 0 Å². The first-order valence-corrected chi connectivity index (χ1v) is 14.1. The van der Waals surface area contributed by atoms with Gasteiger partial charge in [0.2, 0.25) is 5.91 Å². The van der Waals surface area contributed by atoms with Crippen LogP contribution in [0.15, 0.2) is 78.0 Å². The van der Waals surface area contributed by atoms with E-state index in [1.807, 2.05) is 30.3 Å². The number of amides is 1. The van der Waals surface area contributed by atoms with E-state index in [-0.39, 0.29) is 5.91 Å². The number of unbranched alkanes of at least 4 members (excludes halogenated alkanes) is 1. The summed E-state index contributed by atoms with van der Waals surface area (Å²) in [5.74, 6) is 1.84. The molecule has 0 bridgehead atoms. The molecule has 0 spiro atoms. The molecule has 8 heteroatoms. The van der Waals surface area contributed by atoms with Crippen molar-refractivity contribution in [3.05, 3.63) is 105 Å². The lowest BCUT2D eigenvalue weighted by atomic mass is 10.1. The molecule has 0 unspecified atom stereocenters. The maximum absolute atomic E-state index is 12.3. The number of hydrogen-bond donors (Lipinski definition) is 1. The molecule has 1 amide bonds. The summed E-state index contributed by atoms with van der Waals surface area (Å²) in [6, 6.07) is 24.2. The molecule has 37 heavy (non-hydrogen) atoms. The summed E-state index contributed by atoms with van der Waals surface area (Å²) in [6.45, 7) is 2.64. The predicted octanol–water partition coefficient (Wildman–Crippen LogP) is 7.09. The lowest BCUT2D eigenvalue weighted by Crippen LogP contribution is -2.25. The fourth-order valence-electron chi connectivity index (χ4n) is 3.94. The summed E-state index contributed by atoms with van der Waals surface area (Å²) >= 11 is 13.8. The quantitative estimate of drug-likeness (QED) is 0.150. The highest BCUT2D eigenvalue weighted by molar-refractivity contribution is 7.99. The third-order valence-electron chi connectivity index (χ3n) is 5.96. The molecule has 0 atom stereocenters. The van der Waals surface area contributed by atoms with Gasteiger partial charge in [-0.2, -0.15) is 0 Å². The molecule has 0 radical (unpaired) electrons. The van der Waals surface area contributed by atoms with Gasteiger partial charge in [-0.15, -0.1) is 10.2 Å². The van der Waals surface area contributed by atoms with Crippen molar-refractivity contribution in [3.8, 4) is 5.69 Å². The van der Waals surface area contributed by atoms with Gasteiger partial charge in [0, 0.05) is 40.9 Å². The Balaban J connectivity index is 1.27. The van der Waals surface area contributed by atoms with Crippen LogP contribution in [-0.4, -0.2) is 33.0 Å². The van der Waals surface area contributed by atoms with Crippen LogP contribution in [0.2, 0.25) is 10.0 Å². The normalized spacial score (nSPS) is 11.0. The fraction of sp³-hybridized carbons (Fsp3) is 0.276. The molecule has 1 aromatic heterocycles. The number of thioether (sulfide) groups is 1. The molecule has 0 fully saturated rings. The highest BCUT2D eigenvalue weighted by Crippen LogP contribution is 2.25. The van der Waals surface area contributed by atoms with Crippen molar-refractivity contribution in [2.75, 3.05) is 12.3 Å². The van der Waals surface area contributed by atoms with Crippen LogP contribution in [-0.2, 0) is 17.6 Å². The van der Waals surface area contributed by atoms with Gasteiger partial charge < -0.3 is 5.32 Å². The Kier molecular flexibility index (Phi) is 10.1. The maximum atomic E-state index is 12.3. The molecule has 4 rings (SSSR count). The molecule has 5 nitrogen and oxygen atoms in total. The number of nitrogens with zero attached hydrogens (tertiary/aromatic N) is 3. The third-order valence-corrected chi connectivity index (χ3v) is 7.56. The van der Waals surface area contributed by atoms with Crippen molar-refractivity contribution in [2.24, 2.45) is 0 Å². The van der Waals surface area contributed by atoms with E-state index in [4.69, 9.17) is 23.2 Å². The minimum absolute atomic E-state index is 0.0584. The topological polar surface area (TPSA) is 59.8 Å². The molecule has 1 N–H and O–H groups in total. The van der Waals surface area contributed by atoms with Crippen LogP contribution in [0.5, 0.6) is 0 Å². The van der Waals surface area contributed by atoms with E-state index in [0.29, 0.717) is 35.9 Å². The molecule has 4 aromatic rings. The number of hydrogen-bond acceptors (Lipinski definition) is 4. The van der Waals surface area contributed by atoms with Crippen LogP contribution in [0.1, 0.15) is 41.8 Å². The van der Waals surface area contributed by atoms with Gasteiger partial charge in [0.25, 0.3) is 0 Å². The summed E-state index contributed by atoms with van der Waals surface area (Å²) in [5, 5.41) is 14.1. The Hall–Kier alpha value is -2.80. The van der Waals surface area contributed by atoms with Gasteiger partial charge in [-0.3, -0.25) is 9.36 Å². The minimum Gasteiger partial charge on any atom is -0.356 e. The van der Waals surface area contributed by atoms with E-state index in [9.17, 15) is 4.79 Å². The number of benzene rings is 3. The van der Waals surface area contributed by atoms with Crippen LogP contribution >= 0.6 is 35.0 Å². The van der Waals surface area contributed by atoms with Crippen molar-refractivity contribution in [2.45, 2.75) is 44.2 Å². The molecule has 1 heterocycles. The van der Waals surface area contributed by atoms with Crippen molar-refractivity contribution in [1.82, 2.24) is 20.1 Å². The van der Waals surface area contributed by atoms with Gasteiger partial charge in [0.15, 0.2) is 5.16 Å². The summed E-state index contributed by atoms with van der Waals surface area (Å²) in [6.07, 6.45) is 3.62. The minimum atomic E-state index is 0.0584. The average molecular weight is 554 g/mol. The molecule has 0 aliphatic heterocycles. The molecule has 192 valence electrons. The lowest BCUT2D eigenvalue weighted by Gasteiger charge is -2.11. The highest BCUT2D eigenvalue weighted by atomic mass is 35.5. The van der Waals surface area contributed by atoms with Gasteiger partial charge in [0.05, 0.1) is 0 Å². The van der Waals surface area contributed by atoms with Gasteiger partial charge in [-0.05, 0) is 61.6 Å². The number of rotatable bonds is 12. The Morgan fingerprint density at radius 3 is 2.51 bits per heavy atom. The summed E-state index contributed by atoms with van der Waals surface area (Å²) in [7, 11) is 0. The van der Waals surface area contributed by atoms with Gasteiger partial charge in [-0.1, -0.05) is 89.1 Å². The second kappa shape index (κ2) is 13.7. The summed E-state index contributed by atoms with van der Waals surface area (Å²) in [5.41, 5.74) is 4.45. The SMILES string of the molecule is Cc1ccc(-n2c(Cc3ccccc3)nnc2SCCCCC(=O)NCCc2ccc(Cl)cc2Cl)cc1. The van der Waals surface area contributed by atoms with E-state index in [2.05, 4.69) is 63.4 Å². The number of aryl methyl sites for hydroxylation is 1. The Labute approximate surface area is 232 Å². The number of halogens is 2. The molecule has 0 saturated heterocycles. The van der Waals surface area contributed by atoms with Crippen molar-refractivity contribution in [1.29, 1.82) is 0 Å². The Morgan fingerprint density at radius 1 is 0.973 bits per heavy atom. The van der Waals surface area contributed by atoms with E-state index >= 15 is 0 Å². The van der Waals surface area contributed by atoms with E-state index in [1.54, 1.807) is 17.8 Å². The zero-order valence-electron chi connectivity index (χ0n) is 20.8. The van der Waals surface area contributed by atoms with Crippen LogP contribution in [0.4, 0.5) is 0 Å². The van der Waals surface area contributed by atoms with Crippen LogP contribution in [0, 0.1) is 6.92 Å². The predicted molar refractivity (Wildman–Crippen MR) is 153 cm³/mol. The largest absolute Gasteiger partial charge is 0.356 e.